The highest BCUT2D eigenvalue weighted by molar-refractivity contribution is 5.90. The number of carbonyl (C=O) groups excluding carboxylic acids is 2. The molecule has 3 heterocycles. The first-order valence-electron chi connectivity index (χ1n) is 16.0. The van der Waals surface area contributed by atoms with Crippen LogP contribution in [0.15, 0.2) is 48.7 Å². The molecular weight excluding hydrogens is 542 g/mol. The summed E-state index contributed by atoms with van der Waals surface area (Å²) < 4.78 is 11.4. The number of aromatic amines is 1. The molecule has 1 aromatic heterocycles. The third-order valence-corrected chi connectivity index (χ3v) is 8.66. The van der Waals surface area contributed by atoms with Gasteiger partial charge in [0.05, 0.1) is 19.8 Å². The van der Waals surface area contributed by atoms with Crippen LogP contribution in [0.2, 0.25) is 0 Å². The number of fused-ring (bicyclic) bond motifs is 1. The minimum Gasteiger partial charge on any atom is -0.490 e. The van der Waals surface area contributed by atoms with Crippen LogP contribution in [-0.4, -0.2) is 84.6 Å². The Hall–Kier alpha value is -3.56. The highest BCUT2D eigenvalue weighted by Gasteiger charge is 2.28. The number of ether oxygens (including phenoxy) is 2. The summed E-state index contributed by atoms with van der Waals surface area (Å²) in [6, 6.07) is 13.7. The normalized spacial score (nSPS) is 17.4. The monoisotopic (exact) mass is 589 g/mol. The molecule has 0 spiro atoms. The second kappa shape index (κ2) is 15.3. The Balaban J connectivity index is 1.22. The van der Waals surface area contributed by atoms with Gasteiger partial charge in [-0.2, -0.15) is 0 Å². The molecule has 2 saturated heterocycles. The number of hydrogen-bond donors (Lipinski definition) is 3. The van der Waals surface area contributed by atoms with E-state index < -0.39 is 6.04 Å². The zero-order chi connectivity index (χ0) is 30.0. The molecule has 1 atom stereocenters. The van der Waals surface area contributed by atoms with Crippen molar-refractivity contribution in [2.45, 2.75) is 71.0 Å². The highest BCUT2D eigenvalue weighted by atomic mass is 16.5. The minimum absolute atomic E-state index is 0.115. The third kappa shape index (κ3) is 8.30. The zero-order valence-electron chi connectivity index (χ0n) is 25.7. The summed E-state index contributed by atoms with van der Waals surface area (Å²) in [6.07, 6.45) is 8.47. The molecule has 0 aliphatic carbocycles. The molecule has 9 heteroatoms. The Bertz CT molecular complexity index is 1340. The smallest absolute Gasteiger partial charge is 0.243 e. The van der Waals surface area contributed by atoms with Crippen LogP contribution in [0.4, 0.5) is 0 Å². The van der Waals surface area contributed by atoms with Crippen molar-refractivity contribution in [1.82, 2.24) is 25.4 Å². The molecule has 3 aromatic rings. The van der Waals surface area contributed by atoms with Crippen LogP contribution in [0.5, 0.6) is 11.5 Å². The minimum atomic E-state index is -0.702. The first kappa shape index (κ1) is 30.9. The first-order chi connectivity index (χ1) is 21.0. The van der Waals surface area contributed by atoms with Crippen molar-refractivity contribution in [3.8, 4) is 11.5 Å². The number of benzene rings is 2. The molecule has 5 rings (SSSR count). The maximum Gasteiger partial charge on any atom is 0.243 e. The van der Waals surface area contributed by atoms with Gasteiger partial charge in [-0.1, -0.05) is 30.7 Å². The molecule has 232 valence electrons. The van der Waals surface area contributed by atoms with E-state index in [1.54, 1.807) is 0 Å². The van der Waals surface area contributed by atoms with Crippen LogP contribution >= 0.6 is 0 Å². The molecule has 9 nitrogen and oxygen atoms in total. The summed E-state index contributed by atoms with van der Waals surface area (Å²) in [6.45, 7) is 9.78. The topological polar surface area (TPSA) is 98.9 Å². The molecule has 0 radical (unpaired) electrons. The Morgan fingerprint density at radius 1 is 0.953 bits per heavy atom. The van der Waals surface area contributed by atoms with E-state index in [2.05, 4.69) is 25.4 Å². The number of para-hydroxylation sites is 1. The molecule has 2 aliphatic rings. The number of nitrogens with zero attached hydrogens (tertiary/aromatic N) is 2. The first-order valence-corrected chi connectivity index (χ1v) is 16.0. The molecule has 43 heavy (non-hydrogen) atoms. The van der Waals surface area contributed by atoms with Crippen molar-refractivity contribution < 1.29 is 19.1 Å². The van der Waals surface area contributed by atoms with E-state index in [1.807, 2.05) is 62.5 Å². The van der Waals surface area contributed by atoms with Crippen LogP contribution in [0.1, 0.15) is 57.1 Å². The number of nitrogens with one attached hydrogen (secondary N) is 3. The number of H-pyrrole nitrogens is 1. The van der Waals surface area contributed by atoms with Gasteiger partial charge in [-0.15, -0.1) is 0 Å². The molecular formula is C34H47N5O4. The van der Waals surface area contributed by atoms with E-state index >= 15 is 0 Å². The van der Waals surface area contributed by atoms with Crippen LogP contribution in [0, 0.1) is 0 Å². The fourth-order valence-electron chi connectivity index (χ4n) is 6.42. The van der Waals surface area contributed by atoms with E-state index in [1.165, 1.54) is 32.4 Å². The second-order valence-electron chi connectivity index (χ2n) is 11.7. The van der Waals surface area contributed by atoms with Gasteiger partial charge >= 0.3 is 0 Å². The average molecular weight is 590 g/mol. The van der Waals surface area contributed by atoms with Gasteiger partial charge in [-0.05, 0) is 81.9 Å². The zero-order valence-corrected chi connectivity index (χ0v) is 25.7. The van der Waals surface area contributed by atoms with Gasteiger partial charge in [0.25, 0.3) is 0 Å². The lowest BCUT2D eigenvalue weighted by atomic mass is 10.00. The predicted octanol–water partition coefficient (Wildman–Crippen LogP) is 4.26. The fraction of sp³-hybridized carbons (Fsp3) is 0.529. The quantitative estimate of drug-likeness (QED) is 0.276. The summed E-state index contributed by atoms with van der Waals surface area (Å²) in [5.41, 5.74) is 2.91. The Morgan fingerprint density at radius 2 is 1.70 bits per heavy atom. The van der Waals surface area contributed by atoms with Gasteiger partial charge in [0, 0.05) is 49.2 Å². The van der Waals surface area contributed by atoms with Crippen molar-refractivity contribution in [1.29, 1.82) is 0 Å². The van der Waals surface area contributed by atoms with Crippen molar-refractivity contribution in [2.75, 3.05) is 45.9 Å². The van der Waals surface area contributed by atoms with E-state index in [0.717, 1.165) is 48.0 Å². The molecule has 1 unspecified atom stereocenters. The number of carbonyl (C=O) groups is 2. The van der Waals surface area contributed by atoms with Crippen LogP contribution < -0.4 is 20.1 Å². The van der Waals surface area contributed by atoms with Gasteiger partial charge in [-0.25, -0.2) is 0 Å². The Kier molecular flexibility index (Phi) is 11.0. The van der Waals surface area contributed by atoms with Crippen molar-refractivity contribution in [3.63, 3.8) is 0 Å². The summed E-state index contributed by atoms with van der Waals surface area (Å²) in [4.78, 5) is 35.1. The van der Waals surface area contributed by atoms with Crippen LogP contribution in [0.3, 0.4) is 0 Å². The van der Waals surface area contributed by atoms with Crippen LogP contribution in [0.25, 0.3) is 10.9 Å². The van der Waals surface area contributed by atoms with E-state index in [9.17, 15) is 9.59 Å². The second-order valence-corrected chi connectivity index (χ2v) is 11.7. The Labute approximate surface area is 255 Å². The summed E-state index contributed by atoms with van der Waals surface area (Å²) in [5.74, 6) is 1.01. The fourth-order valence-corrected chi connectivity index (χ4v) is 6.42. The van der Waals surface area contributed by atoms with Crippen molar-refractivity contribution in [2.24, 2.45) is 0 Å². The molecule has 2 amide bonds. The highest BCUT2D eigenvalue weighted by Crippen LogP contribution is 2.28. The summed E-state index contributed by atoms with van der Waals surface area (Å²) in [7, 11) is 0. The van der Waals surface area contributed by atoms with Gasteiger partial charge in [0.2, 0.25) is 11.8 Å². The number of piperidine rings is 2. The lowest BCUT2D eigenvalue weighted by Gasteiger charge is -2.40. The van der Waals surface area contributed by atoms with Gasteiger partial charge in [0.1, 0.15) is 6.04 Å². The Morgan fingerprint density at radius 3 is 2.47 bits per heavy atom. The van der Waals surface area contributed by atoms with E-state index in [4.69, 9.17) is 9.47 Å². The maximum atomic E-state index is 13.6. The largest absolute Gasteiger partial charge is 0.490 e. The third-order valence-electron chi connectivity index (χ3n) is 8.66. The lowest BCUT2D eigenvalue weighted by molar-refractivity contribution is -0.129. The molecule has 0 saturated carbocycles. The summed E-state index contributed by atoms with van der Waals surface area (Å²) in [5, 5.41) is 7.18. The number of amides is 2. The lowest BCUT2D eigenvalue weighted by Crippen LogP contribution is -2.52. The standard InChI is InChI=1S/C34H47N5O4/c1-3-42-31-13-12-25(20-32(31)43-4-2)22-36-34(41)30(21-26-23-35-29-11-7-6-10-28(26)29)37-33(40)24-38-18-14-27(15-19-38)39-16-8-5-9-17-39/h6-7,10-13,20,23,27,30,35H,3-5,8-9,14-19,21-22,24H2,1-2H3,(H,36,41)(H,37,40). The summed E-state index contributed by atoms with van der Waals surface area (Å²) >= 11 is 0. The molecule has 0 bridgehead atoms. The molecule has 3 N–H and O–H groups in total. The molecule has 2 fully saturated rings. The molecule has 2 aliphatic heterocycles. The van der Waals surface area contributed by atoms with E-state index in [0.29, 0.717) is 50.3 Å². The average Bonchev–Trinajstić information content (AvgIpc) is 3.44. The van der Waals surface area contributed by atoms with Crippen LogP contribution in [-0.2, 0) is 22.6 Å². The van der Waals surface area contributed by atoms with Crippen molar-refractivity contribution >= 4 is 22.7 Å². The van der Waals surface area contributed by atoms with Gasteiger partial charge in [-0.3, -0.25) is 14.5 Å². The van der Waals surface area contributed by atoms with Crippen molar-refractivity contribution in [3.05, 3.63) is 59.8 Å². The molecule has 2 aromatic carbocycles. The number of rotatable bonds is 13. The van der Waals surface area contributed by atoms with E-state index in [-0.39, 0.29) is 11.8 Å². The number of hydrogen-bond acceptors (Lipinski definition) is 6. The predicted molar refractivity (Wildman–Crippen MR) is 169 cm³/mol. The number of likely N-dealkylation sites (tertiary alicyclic amines) is 2. The van der Waals surface area contributed by atoms with Gasteiger partial charge < -0.3 is 30.0 Å². The SMILES string of the molecule is CCOc1ccc(CNC(=O)C(Cc2c[nH]c3ccccc23)NC(=O)CN2CCC(N3CCCCC3)CC2)cc1OCC. The maximum absolute atomic E-state index is 13.6. The number of aromatic nitrogens is 1. The van der Waals surface area contributed by atoms with Gasteiger partial charge in [0.15, 0.2) is 11.5 Å².